The van der Waals surface area contributed by atoms with Crippen molar-refractivity contribution in [2.45, 2.75) is 26.8 Å². The Bertz CT molecular complexity index is 590. The van der Waals surface area contributed by atoms with Crippen molar-refractivity contribution < 1.29 is 9.90 Å². The fourth-order valence-electron chi connectivity index (χ4n) is 1.68. The van der Waals surface area contributed by atoms with Crippen molar-refractivity contribution in [1.82, 2.24) is 29.8 Å². The van der Waals surface area contributed by atoms with E-state index in [0.29, 0.717) is 17.9 Å². The molecule has 1 unspecified atom stereocenters. The smallest absolute Gasteiger partial charge is 0.311 e. The number of carbonyl (C=O) groups is 1. The minimum atomic E-state index is -0.904. The Morgan fingerprint density at radius 2 is 2.26 bits per heavy atom. The number of aryl methyl sites for hydroxylation is 1. The number of aromatic nitrogens is 6. The van der Waals surface area contributed by atoms with Gasteiger partial charge in [-0.25, -0.2) is 9.67 Å². The van der Waals surface area contributed by atoms with Crippen molar-refractivity contribution >= 4 is 5.97 Å². The van der Waals surface area contributed by atoms with Gasteiger partial charge in [-0.1, -0.05) is 6.92 Å². The molecule has 0 aliphatic heterocycles. The van der Waals surface area contributed by atoms with Crippen molar-refractivity contribution in [1.29, 1.82) is 0 Å². The molecule has 8 nitrogen and oxygen atoms in total. The summed E-state index contributed by atoms with van der Waals surface area (Å²) in [5.74, 6) is -0.390. The standard InChI is InChI=1S/C11H16N6O2/c1-4-11(2,10(18)19)6-17-9(13-14-15-17)8-5-16(3)7-12-8/h5,7H,4,6H2,1-3H3,(H,18,19). The fourth-order valence-corrected chi connectivity index (χ4v) is 1.68. The SMILES string of the molecule is CCC(C)(Cn1nnnc1-c1cn(C)cn1)C(=O)O. The van der Waals surface area contributed by atoms with Crippen LogP contribution in [-0.4, -0.2) is 40.8 Å². The first-order valence-electron chi connectivity index (χ1n) is 5.94. The highest BCUT2D eigenvalue weighted by Crippen LogP contribution is 2.25. The van der Waals surface area contributed by atoms with Crippen LogP contribution in [0.5, 0.6) is 0 Å². The van der Waals surface area contributed by atoms with Crippen LogP contribution in [0, 0.1) is 5.41 Å². The minimum absolute atomic E-state index is 0.206. The van der Waals surface area contributed by atoms with E-state index in [1.54, 1.807) is 24.0 Å². The van der Waals surface area contributed by atoms with Gasteiger partial charge in [0.15, 0.2) is 0 Å². The predicted molar refractivity (Wildman–Crippen MR) is 66.1 cm³/mol. The molecular formula is C11H16N6O2. The highest BCUT2D eigenvalue weighted by Gasteiger charge is 2.33. The zero-order valence-corrected chi connectivity index (χ0v) is 11.1. The number of rotatable bonds is 5. The van der Waals surface area contributed by atoms with Crippen LogP contribution >= 0.6 is 0 Å². The number of nitrogens with zero attached hydrogens (tertiary/aromatic N) is 6. The number of carboxylic acids is 1. The maximum Gasteiger partial charge on any atom is 0.311 e. The van der Waals surface area contributed by atoms with Crippen molar-refractivity contribution in [2.24, 2.45) is 12.5 Å². The highest BCUT2D eigenvalue weighted by molar-refractivity contribution is 5.74. The monoisotopic (exact) mass is 264 g/mol. The van der Waals surface area contributed by atoms with Crippen LogP contribution in [0.15, 0.2) is 12.5 Å². The fraction of sp³-hybridized carbons (Fsp3) is 0.545. The van der Waals surface area contributed by atoms with E-state index in [-0.39, 0.29) is 6.54 Å². The summed E-state index contributed by atoms with van der Waals surface area (Å²) in [5, 5.41) is 20.7. The van der Waals surface area contributed by atoms with Crippen LogP contribution in [0.1, 0.15) is 20.3 Å². The summed E-state index contributed by atoms with van der Waals surface area (Å²) in [6.07, 6.45) is 3.92. The first kappa shape index (κ1) is 13.2. The van der Waals surface area contributed by atoms with Crippen LogP contribution in [-0.2, 0) is 18.4 Å². The number of hydrogen-bond donors (Lipinski definition) is 1. The van der Waals surface area contributed by atoms with E-state index in [2.05, 4.69) is 20.5 Å². The Hall–Kier alpha value is -2.25. The minimum Gasteiger partial charge on any atom is -0.481 e. The molecule has 8 heteroatoms. The lowest BCUT2D eigenvalue weighted by atomic mass is 9.88. The summed E-state index contributed by atoms with van der Waals surface area (Å²) in [7, 11) is 1.85. The Morgan fingerprint density at radius 1 is 1.53 bits per heavy atom. The zero-order chi connectivity index (χ0) is 14.0. The third kappa shape index (κ3) is 2.47. The van der Waals surface area contributed by atoms with Gasteiger partial charge in [0, 0.05) is 13.2 Å². The number of aliphatic carboxylic acids is 1. The van der Waals surface area contributed by atoms with E-state index in [1.807, 2.05) is 14.0 Å². The predicted octanol–water partition coefficient (Wildman–Crippen LogP) is 0.574. The molecular weight excluding hydrogens is 248 g/mol. The third-order valence-corrected chi connectivity index (χ3v) is 3.26. The largest absolute Gasteiger partial charge is 0.481 e. The third-order valence-electron chi connectivity index (χ3n) is 3.26. The molecule has 0 radical (unpaired) electrons. The van der Waals surface area contributed by atoms with E-state index in [1.165, 1.54) is 4.68 Å². The Morgan fingerprint density at radius 3 is 2.79 bits per heavy atom. The Labute approximate surface area is 110 Å². The van der Waals surface area contributed by atoms with E-state index in [4.69, 9.17) is 0 Å². The number of carboxylic acid groups (broad SMARTS) is 1. The van der Waals surface area contributed by atoms with Crippen molar-refractivity contribution in [3.8, 4) is 11.5 Å². The molecule has 2 aromatic rings. The molecule has 0 spiro atoms. The quantitative estimate of drug-likeness (QED) is 0.847. The summed E-state index contributed by atoms with van der Waals surface area (Å²) in [5.41, 5.74) is -0.282. The van der Waals surface area contributed by atoms with E-state index < -0.39 is 11.4 Å². The van der Waals surface area contributed by atoms with Crippen molar-refractivity contribution in [2.75, 3.05) is 0 Å². The van der Waals surface area contributed by atoms with Gasteiger partial charge in [0.05, 0.1) is 18.3 Å². The van der Waals surface area contributed by atoms with E-state index >= 15 is 0 Å². The van der Waals surface area contributed by atoms with E-state index in [9.17, 15) is 9.90 Å². The lowest BCUT2D eigenvalue weighted by molar-refractivity contribution is -0.149. The molecule has 1 atom stereocenters. The molecule has 0 aliphatic rings. The summed E-state index contributed by atoms with van der Waals surface area (Å²) in [6.45, 7) is 3.72. The van der Waals surface area contributed by atoms with Crippen molar-refractivity contribution in [3.05, 3.63) is 12.5 Å². The first-order chi connectivity index (χ1) is 8.96. The van der Waals surface area contributed by atoms with E-state index in [0.717, 1.165) is 0 Å². The van der Waals surface area contributed by atoms with Crippen LogP contribution in [0.2, 0.25) is 0 Å². The van der Waals surface area contributed by atoms with Gasteiger partial charge in [-0.05, 0) is 23.8 Å². The van der Waals surface area contributed by atoms with Crippen molar-refractivity contribution in [3.63, 3.8) is 0 Å². The molecule has 0 saturated carbocycles. The average molecular weight is 264 g/mol. The molecule has 2 heterocycles. The average Bonchev–Trinajstić information content (AvgIpc) is 2.97. The second-order valence-electron chi connectivity index (χ2n) is 4.80. The zero-order valence-electron chi connectivity index (χ0n) is 11.1. The Kier molecular flexibility index (Phi) is 3.32. The van der Waals surface area contributed by atoms with Gasteiger partial charge in [0.1, 0.15) is 5.69 Å². The van der Waals surface area contributed by atoms with Gasteiger partial charge >= 0.3 is 5.97 Å². The van der Waals surface area contributed by atoms with Gasteiger partial charge in [0.25, 0.3) is 0 Å². The second kappa shape index (κ2) is 4.79. The molecule has 1 N–H and O–H groups in total. The number of hydrogen-bond acceptors (Lipinski definition) is 5. The molecule has 2 rings (SSSR count). The summed E-state index contributed by atoms with van der Waals surface area (Å²) in [4.78, 5) is 15.5. The number of tetrazole rings is 1. The maximum absolute atomic E-state index is 11.3. The van der Waals surface area contributed by atoms with Gasteiger partial charge in [-0.15, -0.1) is 5.10 Å². The molecule has 0 saturated heterocycles. The van der Waals surface area contributed by atoms with Gasteiger partial charge in [-0.3, -0.25) is 4.79 Å². The topological polar surface area (TPSA) is 98.7 Å². The summed E-state index contributed by atoms with van der Waals surface area (Å²) >= 11 is 0. The maximum atomic E-state index is 11.3. The van der Waals surface area contributed by atoms with Crippen LogP contribution < -0.4 is 0 Å². The number of imidazole rings is 1. The van der Waals surface area contributed by atoms with Crippen LogP contribution in [0.25, 0.3) is 11.5 Å². The van der Waals surface area contributed by atoms with Gasteiger partial charge in [-0.2, -0.15) is 0 Å². The highest BCUT2D eigenvalue weighted by atomic mass is 16.4. The molecule has 102 valence electrons. The molecule has 0 aliphatic carbocycles. The molecule has 19 heavy (non-hydrogen) atoms. The lowest BCUT2D eigenvalue weighted by Crippen LogP contribution is -2.32. The Balaban J connectivity index is 2.33. The first-order valence-corrected chi connectivity index (χ1v) is 5.94. The van der Waals surface area contributed by atoms with Crippen LogP contribution in [0.4, 0.5) is 0 Å². The summed E-state index contributed by atoms with van der Waals surface area (Å²) in [6, 6.07) is 0. The molecule has 0 fully saturated rings. The summed E-state index contributed by atoms with van der Waals surface area (Å²) < 4.78 is 3.27. The molecule has 0 aromatic carbocycles. The normalized spacial score (nSPS) is 14.3. The molecule has 0 bridgehead atoms. The van der Waals surface area contributed by atoms with Gasteiger partial charge in [0.2, 0.25) is 5.82 Å². The molecule has 2 aromatic heterocycles. The van der Waals surface area contributed by atoms with Crippen LogP contribution in [0.3, 0.4) is 0 Å². The lowest BCUT2D eigenvalue weighted by Gasteiger charge is -2.22. The molecule has 0 amide bonds. The second-order valence-corrected chi connectivity index (χ2v) is 4.80. The van der Waals surface area contributed by atoms with Gasteiger partial charge < -0.3 is 9.67 Å².